The molecular formula is C16H22N2O4S. The lowest BCUT2D eigenvalue weighted by atomic mass is 10.1. The molecule has 6 nitrogen and oxygen atoms in total. The van der Waals surface area contributed by atoms with E-state index < -0.39 is 22.8 Å². The van der Waals surface area contributed by atoms with Crippen molar-refractivity contribution in [1.29, 1.82) is 0 Å². The number of carbonyl (C=O) groups is 1. The fourth-order valence-electron chi connectivity index (χ4n) is 2.44. The molecule has 0 fully saturated rings. The van der Waals surface area contributed by atoms with Crippen LogP contribution in [-0.4, -0.2) is 22.1 Å². The maximum absolute atomic E-state index is 12.7. The Bertz CT molecular complexity index is 829. The molecule has 0 aliphatic heterocycles. The van der Waals surface area contributed by atoms with Crippen LogP contribution in [0.25, 0.3) is 10.2 Å². The number of ether oxygens (including phenoxy) is 1. The number of aryl methyl sites for hydroxylation is 1. The van der Waals surface area contributed by atoms with Gasteiger partial charge in [-0.05, 0) is 39.7 Å². The van der Waals surface area contributed by atoms with Crippen LogP contribution >= 0.6 is 11.3 Å². The minimum Gasteiger partial charge on any atom is -0.464 e. The zero-order valence-corrected chi connectivity index (χ0v) is 14.7. The summed E-state index contributed by atoms with van der Waals surface area (Å²) in [5.74, 6) is -0.603. The fourth-order valence-corrected chi connectivity index (χ4v) is 3.52. The van der Waals surface area contributed by atoms with E-state index in [1.54, 1.807) is 6.92 Å². The molecule has 23 heavy (non-hydrogen) atoms. The van der Waals surface area contributed by atoms with E-state index >= 15 is 0 Å². The molecule has 2 aromatic rings. The Labute approximate surface area is 138 Å². The van der Waals surface area contributed by atoms with Gasteiger partial charge in [0.25, 0.3) is 5.56 Å². The van der Waals surface area contributed by atoms with E-state index in [2.05, 4.69) is 11.9 Å². The molecule has 0 amide bonds. The van der Waals surface area contributed by atoms with Crippen LogP contribution in [0, 0.1) is 0 Å². The third-order valence-electron chi connectivity index (χ3n) is 3.75. The zero-order chi connectivity index (χ0) is 17.2. The van der Waals surface area contributed by atoms with Crippen molar-refractivity contribution in [2.75, 3.05) is 6.61 Å². The first kappa shape index (κ1) is 17.5. The third-order valence-corrected chi connectivity index (χ3v) is 4.86. The molecular weight excluding hydrogens is 316 g/mol. The molecule has 2 rings (SSSR count). The average molecular weight is 338 g/mol. The van der Waals surface area contributed by atoms with Gasteiger partial charge in [-0.2, -0.15) is 0 Å². The van der Waals surface area contributed by atoms with Gasteiger partial charge < -0.3 is 4.74 Å². The SMILES string of the molecule is CCCCc1cc2c(=O)n(C(C)(C)C(=O)OCC)c(=O)[nH]c2s1. The number of esters is 1. The lowest BCUT2D eigenvalue weighted by Gasteiger charge is -2.23. The van der Waals surface area contributed by atoms with Crippen molar-refractivity contribution in [3.05, 3.63) is 31.8 Å². The van der Waals surface area contributed by atoms with E-state index in [-0.39, 0.29) is 6.61 Å². The molecule has 2 heterocycles. The fraction of sp³-hybridized carbons (Fsp3) is 0.562. The number of hydrogen-bond acceptors (Lipinski definition) is 5. The second kappa shape index (κ2) is 6.70. The Morgan fingerprint density at radius 1 is 1.35 bits per heavy atom. The van der Waals surface area contributed by atoms with Crippen LogP contribution in [0.3, 0.4) is 0 Å². The molecule has 0 saturated heterocycles. The highest BCUT2D eigenvalue weighted by Gasteiger charge is 2.35. The van der Waals surface area contributed by atoms with E-state index in [4.69, 9.17) is 4.74 Å². The van der Waals surface area contributed by atoms with E-state index in [0.717, 1.165) is 28.7 Å². The van der Waals surface area contributed by atoms with Gasteiger partial charge in [0.05, 0.1) is 12.0 Å². The number of thiophene rings is 1. The van der Waals surface area contributed by atoms with Crippen LogP contribution in [0.2, 0.25) is 0 Å². The summed E-state index contributed by atoms with van der Waals surface area (Å²) >= 11 is 1.42. The summed E-state index contributed by atoms with van der Waals surface area (Å²) in [5.41, 5.74) is -2.41. The Kier molecular flexibility index (Phi) is 5.09. The summed E-state index contributed by atoms with van der Waals surface area (Å²) in [6.07, 6.45) is 2.96. The van der Waals surface area contributed by atoms with Crippen LogP contribution in [0.1, 0.15) is 45.4 Å². The highest BCUT2D eigenvalue weighted by Crippen LogP contribution is 2.23. The van der Waals surface area contributed by atoms with E-state index in [1.807, 2.05) is 6.07 Å². The molecule has 0 radical (unpaired) electrons. The molecule has 7 heteroatoms. The van der Waals surface area contributed by atoms with Gasteiger partial charge in [-0.15, -0.1) is 11.3 Å². The van der Waals surface area contributed by atoms with Crippen LogP contribution in [-0.2, 0) is 21.5 Å². The molecule has 0 aromatic carbocycles. The van der Waals surface area contributed by atoms with Crippen molar-refractivity contribution in [1.82, 2.24) is 9.55 Å². The van der Waals surface area contributed by atoms with Gasteiger partial charge in [-0.25, -0.2) is 14.2 Å². The standard InChI is InChI=1S/C16H22N2O4S/c1-5-7-8-10-9-11-12(23-10)17-15(21)18(13(11)19)16(3,4)14(20)22-6-2/h9H,5-8H2,1-4H3,(H,17,21). The monoisotopic (exact) mass is 338 g/mol. The minimum atomic E-state index is -1.36. The first-order valence-corrected chi connectivity index (χ1v) is 8.60. The van der Waals surface area contributed by atoms with Gasteiger partial charge in [-0.3, -0.25) is 9.78 Å². The molecule has 0 atom stereocenters. The number of rotatable bonds is 6. The number of carbonyl (C=O) groups excluding carboxylic acids is 1. The van der Waals surface area contributed by atoms with Gasteiger partial charge in [0.1, 0.15) is 10.4 Å². The third kappa shape index (κ3) is 3.24. The smallest absolute Gasteiger partial charge is 0.332 e. The number of aromatic amines is 1. The Balaban J connectivity index is 2.59. The van der Waals surface area contributed by atoms with Gasteiger partial charge in [0.15, 0.2) is 0 Å². The zero-order valence-electron chi connectivity index (χ0n) is 13.9. The lowest BCUT2D eigenvalue weighted by Crippen LogP contribution is -2.51. The second-order valence-electron chi connectivity index (χ2n) is 5.91. The summed E-state index contributed by atoms with van der Waals surface area (Å²) in [6, 6.07) is 1.81. The van der Waals surface area contributed by atoms with Crippen molar-refractivity contribution in [2.24, 2.45) is 0 Å². The molecule has 0 aliphatic carbocycles. The molecule has 0 bridgehead atoms. The minimum absolute atomic E-state index is 0.191. The largest absolute Gasteiger partial charge is 0.464 e. The Morgan fingerprint density at radius 3 is 2.65 bits per heavy atom. The van der Waals surface area contributed by atoms with Crippen LogP contribution in [0.15, 0.2) is 15.7 Å². The Morgan fingerprint density at radius 2 is 2.04 bits per heavy atom. The Hall–Kier alpha value is -1.89. The van der Waals surface area contributed by atoms with Crippen molar-refractivity contribution in [3.8, 4) is 0 Å². The summed E-state index contributed by atoms with van der Waals surface area (Å²) in [5, 5.41) is 0.443. The van der Waals surface area contributed by atoms with Crippen molar-refractivity contribution in [3.63, 3.8) is 0 Å². The average Bonchev–Trinajstić information content (AvgIpc) is 2.88. The van der Waals surface area contributed by atoms with Gasteiger partial charge in [-0.1, -0.05) is 13.3 Å². The maximum Gasteiger partial charge on any atom is 0.332 e. The summed E-state index contributed by atoms with van der Waals surface area (Å²) in [4.78, 5) is 41.5. The molecule has 0 aliphatic rings. The van der Waals surface area contributed by atoms with E-state index in [0.29, 0.717) is 10.2 Å². The number of aromatic nitrogens is 2. The topological polar surface area (TPSA) is 81.2 Å². The number of hydrogen-bond donors (Lipinski definition) is 1. The van der Waals surface area contributed by atoms with Crippen molar-refractivity contribution < 1.29 is 9.53 Å². The number of unbranched alkanes of at least 4 members (excludes halogenated alkanes) is 1. The lowest BCUT2D eigenvalue weighted by molar-refractivity contribution is -0.152. The summed E-state index contributed by atoms with van der Waals surface area (Å²) in [6.45, 7) is 7.00. The van der Waals surface area contributed by atoms with Gasteiger partial charge >= 0.3 is 11.7 Å². The van der Waals surface area contributed by atoms with Crippen LogP contribution in [0.4, 0.5) is 0 Å². The molecule has 0 saturated carbocycles. The van der Waals surface area contributed by atoms with Crippen molar-refractivity contribution >= 4 is 27.5 Å². The highest BCUT2D eigenvalue weighted by atomic mass is 32.1. The normalized spacial score (nSPS) is 11.8. The molecule has 0 spiro atoms. The molecule has 0 unspecified atom stereocenters. The predicted octanol–water partition coefficient (Wildman–Crippen LogP) is 2.39. The predicted molar refractivity (Wildman–Crippen MR) is 91.3 cm³/mol. The maximum atomic E-state index is 12.7. The molecule has 1 N–H and O–H groups in total. The first-order valence-electron chi connectivity index (χ1n) is 7.78. The van der Waals surface area contributed by atoms with Crippen molar-refractivity contribution in [2.45, 2.75) is 52.5 Å². The van der Waals surface area contributed by atoms with Gasteiger partial charge in [0.2, 0.25) is 0 Å². The quantitative estimate of drug-likeness (QED) is 0.820. The second-order valence-corrected chi connectivity index (χ2v) is 7.05. The number of nitrogens with one attached hydrogen (secondary N) is 1. The van der Waals surface area contributed by atoms with E-state index in [9.17, 15) is 14.4 Å². The molecule has 2 aromatic heterocycles. The summed E-state index contributed by atoms with van der Waals surface area (Å²) in [7, 11) is 0. The first-order chi connectivity index (χ1) is 10.8. The highest BCUT2D eigenvalue weighted by molar-refractivity contribution is 7.18. The number of H-pyrrole nitrogens is 1. The number of nitrogens with zero attached hydrogens (tertiary/aromatic N) is 1. The molecule has 126 valence electrons. The van der Waals surface area contributed by atoms with Crippen LogP contribution in [0.5, 0.6) is 0 Å². The van der Waals surface area contributed by atoms with Crippen LogP contribution < -0.4 is 11.2 Å². The van der Waals surface area contributed by atoms with Gasteiger partial charge in [0, 0.05) is 4.88 Å². The number of fused-ring (bicyclic) bond motifs is 1. The van der Waals surface area contributed by atoms with E-state index in [1.165, 1.54) is 25.2 Å². The summed E-state index contributed by atoms with van der Waals surface area (Å²) < 4.78 is 5.94.